The van der Waals surface area contributed by atoms with E-state index in [1.54, 1.807) is 24.3 Å². The first-order valence-corrected chi connectivity index (χ1v) is 11.0. The van der Waals surface area contributed by atoms with Gasteiger partial charge in [-0.15, -0.1) is 4.68 Å². The number of nitrogens with zero attached hydrogens (tertiary/aromatic N) is 1. The van der Waals surface area contributed by atoms with Crippen LogP contribution in [0.5, 0.6) is 0 Å². The minimum atomic E-state index is -0.204. The molecule has 0 saturated carbocycles. The summed E-state index contributed by atoms with van der Waals surface area (Å²) in [5.74, 6) is 0.628. The summed E-state index contributed by atoms with van der Waals surface area (Å²) in [5, 5.41) is 9.98. The van der Waals surface area contributed by atoms with Crippen LogP contribution in [-0.4, -0.2) is 11.0 Å². The number of hydrogen-bond acceptors (Lipinski definition) is 3. The molecule has 0 spiro atoms. The topological polar surface area (TPSA) is 86.8 Å². The van der Waals surface area contributed by atoms with Crippen LogP contribution in [0, 0.1) is 0 Å². The molecular weight excluding hydrogens is 422 g/mol. The highest BCUT2D eigenvalue weighted by atomic mass is 16.1. The van der Waals surface area contributed by atoms with Gasteiger partial charge in [0.2, 0.25) is 0 Å². The largest absolute Gasteiger partial charge is 0.399 e. The maximum absolute atomic E-state index is 12.8. The van der Waals surface area contributed by atoms with E-state index in [0.29, 0.717) is 16.9 Å². The summed E-state index contributed by atoms with van der Waals surface area (Å²) in [4.78, 5) is 12.8. The van der Waals surface area contributed by atoms with Gasteiger partial charge in [-0.25, -0.2) is 10.4 Å². The number of rotatable bonds is 6. The highest BCUT2D eigenvalue weighted by Gasteiger charge is 2.20. The van der Waals surface area contributed by atoms with Gasteiger partial charge < -0.3 is 11.1 Å². The van der Waals surface area contributed by atoms with E-state index < -0.39 is 0 Å². The van der Waals surface area contributed by atoms with Crippen molar-refractivity contribution in [2.75, 3.05) is 16.4 Å². The number of aromatic nitrogens is 2. The van der Waals surface area contributed by atoms with Crippen LogP contribution in [0.3, 0.4) is 0 Å². The van der Waals surface area contributed by atoms with Crippen LogP contribution >= 0.6 is 0 Å². The van der Waals surface area contributed by atoms with E-state index in [0.717, 1.165) is 28.5 Å². The maximum atomic E-state index is 12.8. The lowest BCUT2D eigenvalue weighted by molar-refractivity contribution is -0.640. The lowest BCUT2D eigenvalue weighted by atomic mass is 10.1. The lowest BCUT2D eigenvalue weighted by Crippen LogP contribution is -2.35. The number of carbonyl (C=O) groups excluding carboxylic acids is 1. The Labute approximate surface area is 197 Å². The number of benzene rings is 4. The summed E-state index contributed by atoms with van der Waals surface area (Å²) in [6.45, 7) is 0. The summed E-state index contributed by atoms with van der Waals surface area (Å²) < 4.78 is 1.99. The molecule has 0 aliphatic rings. The van der Waals surface area contributed by atoms with E-state index in [-0.39, 0.29) is 5.91 Å². The molecule has 1 heterocycles. The van der Waals surface area contributed by atoms with Crippen molar-refractivity contribution in [2.24, 2.45) is 0 Å². The second-order valence-electron chi connectivity index (χ2n) is 7.84. The summed E-state index contributed by atoms with van der Waals surface area (Å²) in [7, 11) is 0. The zero-order chi connectivity index (χ0) is 23.3. The van der Waals surface area contributed by atoms with Crippen molar-refractivity contribution in [2.45, 2.75) is 0 Å². The molecule has 0 radical (unpaired) electrons. The quantitative estimate of drug-likeness (QED) is 0.204. The van der Waals surface area contributed by atoms with E-state index in [1.807, 2.05) is 77.5 Å². The number of amides is 1. The van der Waals surface area contributed by atoms with Crippen LogP contribution in [0.4, 0.5) is 22.9 Å². The van der Waals surface area contributed by atoms with Crippen LogP contribution in [-0.2, 0) is 0 Å². The molecule has 0 aliphatic carbocycles. The van der Waals surface area contributed by atoms with E-state index in [4.69, 9.17) is 5.73 Å². The highest BCUT2D eigenvalue weighted by molar-refractivity contribution is 6.06. The Bertz CT molecular complexity index is 1410. The minimum absolute atomic E-state index is 0.204. The Morgan fingerprint density at radius 3 is 2.06 bits per heavy atom. The van der Waals surface area contributed by atoms with Gasteiger partial charge in [0, 0.05) is 16.8 Å². The van der Waals surface area contributed by atoms with Gasteiger partial charge >= 0.3 is 5.82 Å². The van der Waals surface area contributed by atoms with Crippen LogP contribution in [0.1, 0.15) is 10.4 Å². The molecule has 34 heavy (non-hydrogen) atoms. The number of hydrogen-bond donors (Lipinski definition) is 4. The van der Waals surface area contributed by atoms with Crippen LogP contribution in [0.25, 0.3) is 16.9 Å². The van der Waals surface area contributed by atoms with Crippen molar-refractivity contribution in [3.05, 3.63) is 121 Å². The number of H-pyrrole nitrogens is 1. The second kappa shape index (κ2) is 9.34. The van der Waals surface area contributed by atoms with E-state index in [2.05, 4.69) is 33.9 Å². The van der Waals surface area contributed by atoms with Crippen molar-refractivity contribution >= 4 is 28.8 Å². The van der Waals surface area contributed by atoms with Gasteiger partial charge in [-0.1, -0.05) is 60.7 Å². The minimum Gasteiger partial charge on any atom is -0.399 e. The number of nitrogens with two attached hydrogens (primary N) is 1. The molecule has 0 saturated heterocycles. The third-order valence-corrected chi connectivity index (χ3v) is 5.46. The van der Waals surface area contributed by atoms with Crippen molar-refractivity contribution in [1.29, 1.82) is 0 Å². The number of aromatic amines is 1. The molecule has 6 nitrogen and oxygen atoms in total. The molecule has 5 N–H and O–H groups in total. The van der Waals surface area contributed by atoms with Crippen LogP contribution in [0.2, 0.25) is 0 Å². The Kier molecular flexibility index (Phi) is 5.78. The number of carbonyl (C=O) groups is 1. The Morgan fingerprint density at radius 2 is 1.35 bits per heavy atom. The lowest BCUT2D eigenvalue weighted by Gasteiger charge is -2.09. The van der Waals surface area contributed by atoms with E-state index in [9.17, 15) is 4.79 Å². The van der Waals surface area contributed by atoms with E-state index >= 15 is 0 Å². The summed E-state index contributed by atoms with van der Waals surface area (Å²) >= 11 is 0. The summed E-state index contributed by atoms with van der Waals surface area (Å²) in [5.41, 5.74) is 11.4. The first-order valence-electron chi connectivity index (χ1n) is 11.0. The van der Waals surface area contributed by atoms with Crippen molar-refractivity contribution in [3.8, 4) is 16.9 Å². The second-order valence-corrected chi connectivity index (χ2v) is 7.84. The smallest absolute Gasteiger partial charge is 0.306 e. The van der Waals surface area contributed by atoms with Gasteiger partial charge in [0.25, 0.3) is 5.91 Å². The predicted molar refractivity (Wildman–Crippen MR) is 136 cm³/mol. The molecule has 166 valence electrons. The fourth-order valence-electron chi connectivity index (χ4n) is 3.72. The molecule has 4 aromatic carbocycles. The average molecular weight is 447 g/mol. The molecule has 0 aliphatic heterocycles. The number of anilines is 4. The Hall–Kier alpha value is -4.84. The van der Waals surface area contributed by atoms with Gasteiger partial charge in [-0.2, -0.15) is 0 Å². The van der Waals surface area contributed by atoms with Crippen molar-refractivity contribution in [3.63, 3.8) is 0 Å². The number of para-hydroxylation sites is 3. The molecule has 6 heteroatoms. The number of nitrogen functional groups attached to an aromatic ring is 1. The third-order valence-electron chi connectivity index (χ3n) is 5.46. The normalized spacial score (nSPS) is 10.6. The highest BCUT2D eigenvalue weighted by Crippen LogP contribution is 2.27. The molecule has 0 fully saturated rings. The molecule has 5 aromatic rings. The Morgan fingerprint density at radius 1 is 0.735 bits per heavy atom. The molecule has 0 bridgehead atoms. The zero-order valence-corrected chi connectivity index (χ0v) is 18.4. The van der Waals surface area contributed by atoms with Gasteiger partial charge in [0.05, 0.1) is 17.4 Å². The zero-order valence-electron chi connectivity index (χ0n) is 18.4. The summed E-state index contributed by atoms with van der Waals surface area (Å²) in [6.07, 6.45) is 0. The van der Waals surface area contributed by atoms with Crippen molar-refractivity contribution < 1.29 is 9.48 Å². The molecule has 1 amide bonds. The van der Waals surface area contributed by atoms with Crippen LogP contribution in [0.15, 0.2) is 115 Å². The SMILES string of the molecule is Nc1ccc(C(=O)Nc2ccccc2Nc2cc(-c3ccccc3)[nH][n+]2-c2ccccc2)cc1. The third kappa shape index (κ3) is 4.52. The average Bonchev–Trinajstić information content (AvgIpc) is 3.30. The first-order chi connectivity index (χ1) is 16.7. The molecule has 0 unspecified atom stereocenters. The fraction of sp³-hybridized carbons (Fsp3) is 0. The fourth-order valence-corrected chi connectivity index (χ4v) is 3.72. The predicted octanol–water partition coefficient (Wildman–Crippen LogP) is 5.54. The standard InChI is InChI=1S/C28H23N5O/c29-22-17-15-21(16-18-22)28(34)31-25-14-8-7-13-24(25)30-27-19-26(20-9-3-1-4-10-20)32-33(27)23-11-5-2-6-12-23/h1-19H,(H4,29,30,31,32,34)/p+1. The Balaban J connectivity index is 1.49. The van der Waals surface area contributed by atoms with E-state index in [1.165, 1.54) is 0 Å². The van der Waals surface area contributed by atoms with Gasteiger partial charge in [0.1, 0.15) is 5.69 Å². The van der Waals surface area contributed by atoms with Gasteiger partial charge in [-0.05, 0) is 48.5 Å². The molecular formula is C28H24N5O+. The maximum Gasteiger partial charge on any atom is 0.306 e. The molecule has 1 aromatic heterocycles. The van der Waals surface area contributed by atoms with Gasteiger partial charge in [0.15, 0.2) is 5.69 Å². The molecule has 0 atom stereocenters. The van der Waals surface area contributed by atoms with Gasteiger partial charge in [-0.3, -0.25) is 4.79 Å². The molecule has 5 rings (SSSR count). The number of nitrogens with one attached hydrogen (secondary N) is 3. The van der Waals surface area contributed by atoms with Crippen molar-refractivity contribution in [1.82, 2.24) is 5.10 Å². The monoisotopic (exact) mass is 446 g/mol. The summed E-state index contributed by atoms with van der Waals surface area (Å²) in [6, 6.07) is 36.7. The first kappa shape index (κ1) is 21.0. The van der Waals surface area contributed by atoms with Crippen LogP contribution < -0.4 is 21.0 Å².